The molecule has 0 aromatic heterocycles. The van der Waals surface area contributed by atoms with E-state index in [2.05, 4.69) is 10.6 Å². The van der Waals surface area contributed by atoms with Crippen molar-refractivity contribution in [2.24, 2.45) is 0 Å². The number of carbonyl (C=O) groups is 3. The van der Waals surface area contributed by atoms with Gasteiger partial charge in [0.25, 0.3) is 11.8 Å². The largest absolute Gasteiger partial charge is 0.325 e. The van der Waals surface area contributed by atoms with Crippen molar-refractivity contribution in [2.45, 2.75) is 38.8 Å². The van der Waals surface area contributed by atoms with Gasteiger partial charge in [0.15, 0.2) is 0 Å². The van der Waals surface area contributed by atoms with Gasteiger partial charge in [-0.25, -0.2) is 4.79 Å². The van der Waals surface area contributed by atoms with Gasteiger partial charge in [0.2, 0.25) is 0 Å². The average molecular weight is 365 g/mol. The second-order valence-corrected chi connectivity index (χ2v) is 6.92. The normalized spacial score (nSPS) is 19.1. The number of nitrogens with zero attached hydrogens (tertiary/aromatic N) is 1. The van der Waals surface area contributed by atoms with E-state index in [9.17, 15) is 14.4 Å². The third-order valence-electron chi connectivity index (χ3n) is 4.68. The second-order valence-electron chi connectivity index (χ2n) is 6.92. The number of para-hydroxylation sites is 1. The summed E-state index contributed by atoms with van der Waals surface area (Å²) in [6.07, 6.45) is 1.41. The fraction of sp³-hybridized carbons (Fsp3) is 0.286. The van der Waals surface area contributed by atoms with E-state index in [1.807, 2.05) is 37.3 Å². The minimum atomic E-state index is -0.832. The van der Waals surface area contributed by atoms with Gasteiger partial charge in [-0.2, -0.15) is 0 Å². The van der Waals surface area contributed by atoms with Crippen LogP contribution in [0.25, 0.3) is 0 Å². The summed E-state index contributed by atoms with van der Waals surface area (Å²) in [4.78, 5) is 38.3. The number of urea groups is 1. The smallest absolute Gasteiger partial charge is 0.323 e. The summed E-state index contributed by atoms with van der Waals surface area (Å²) in [6.45, 7) is 3.92. The summed E-state index contributed by atoms with van der Waals surface area (Å²) < 4.78 is 0. The summed E-state index contributed by atoms with van der Waals surface area (Å²) in [7, 11) is 0. The Morgan fingerprint density at radius 2 is 1.74 bits per heavy atom. The molecule has 0 radical (unpaired) electrons. The van der Waals surface area contributed by atoms with E-state index in [-0.39, 0.29) is 24.4 Å². The number of rotatable bonds is 6. The molecule has 6 heteroatoms. The number of benzene rings is 2. The van der Waals surface area contributed by atoms with Gasteiger partial charge in [0.05, 0.1) is 6.54 Å². The van der Waals surface area contributed by atoms with Crippen LogP contribution in [0.3, 0.4) is 0 Å². The number of hydrogen-bond donors (Lipinski definition) is 2. The van der Waals surface area contributed by atoms with E-state index >= 15 is 0 Å². The maximum absolute atomic E-state index is 12.6. The standard InChI is InChI=1S/C21H23N3O3/c1-3-13-21(2)19(26)24(20(27)23-21)14-15-9-11-16(12-10-15)18(25)22-17-7-5-4-6-8-17/h4-12H,3,13-14H2,1-2H3,(H,22,25)(H,23,27)/t21-/m0/s1. The molecule has 0 spiro atoms. The van der Waals surface area contributed by atoms with E-state index in [1.165, 1.54) is 4.90 Å². The molecule has 2 N–H and O–H groups in total. The molecule has 140 valence electrons. The number of carbonyl (C=O) groups excluding carboxylic acids is 3. The van der Waals surface area contributed by atoms with Gasteiger partial charge in [-0.15, -0.1) is 0 Å². The van der Waals surface area contributed by atoms with Gasteiger partial charge in [-0.1, -0.05) is 43.7 Å². The second kappa shape index (κ2) is 7.61. The molecule has 1 heterocycles. The Morgan fingerprint density at radius 3 is 2.37 bits per heavy atom. The van der Waals surface area contributed by atoms with Crippen molar-refractivity contribution >= 4 is 23.5 Å². The van der Waals surface area contributed by atoms with Crippen LogP contribution in [0.4, 0.5) is 10.5 Å². The topological polar surface area (TPSA) is 78.5 Å². The van der Waals surface area contributed by atoms with Gasteiger partial charge in [-0.3, -0.25) is 14.5 Å². The Hall–Kier alpha value is -3.15. The number of anilines is 1. The van der Waals surface area contributed by atoms with Crippen molar-refractivity contribution < 1.29 is 14.4 Å². The molecular weight excluding hydrogens is 342 g/mol. The molecule has 0 bridgehead atoms. The summed E-state index contributed by atoms with van der Waals surface area (Å²) in [5.74, 6) is -0.418. The van der Waals surface area contributed by atoms with Crippen LogP contribution < -0.4 is 10.6 Å². The van der Waals surface area contributed by atoms with Crippen LogP contribution in [0, 0.1) is 0 Å². The number of hydrogen-bond acceptors (Lipinski definition) is 3. The molecule has 1 fully saturated rings. The van der Waals surface area contributed by atoms with Crippen LogP contribution in [0.2, 0.25) is 0 Å². The number of amides is 4. The van der Waals surface area contributed by atoms with E-state index < -0.39 is 5.54 Å². The zero-order chi connectivity index (χ0) is 19.4. The van der Waals surface area contributed by atoms with Crippen molar-refractivity contribution in [3.63, 3.8) is 0 Å². The first-order chi connectivity index (χ1) is 12.9. The summed E-state index contributed by atoms with van der Waals surface area (Å²) in [5, 5.41) is 5.60. The molecule has 1 aliphatic rings. The van der Waals surface area contributed by atoms with Gasteiger partial charge in [0.1, 0.15) is 5.54 Å². The highest BCUT2D eigenvalue weighted by Gasteiger charge is 2.46. The molecule has 2 aromatic rings. The van der Waals surface area contributed by atoms with Crippen LogP contribution >= 0.6 is 0 Å². The molecule has 2 aromatic carbocycles. The van der Waals surface area contributed by atoms with E-state index in [0.29, 0.717) is 12.0 Å². The van der Waals surface area contributed by atoms with Crippen molar-refractivity contribution in [3.8, 4) is 0 Å². The highest BCUT2D eigenvalue weighted by Crippen LogP contribution is 2.24. The predicted molar refractivity (Wildman–Crippen MR) is 103 cm³/mol. The Balaban J connectivity index is 1.66. The van der Waals surface area contributed by atoms with Crippen LogP contribution in [-0.2, 0) is 11.3 Å². The monoisotopic (exact) mass is 365 g/mol. The molecule has 0 saturated carbocycles. The minimum absolute atomic E-state index is 0.185. The third kappa shape index (κ3) is 4.00. The van der Waals surface area contributed by atoms with Crippen LogP contribution in [0.15, 0.2) is 54.6 Å². The van der Waals surface area contributed by atoms with Crippen molar-refractivity contribution in [2.75, 3.05) is 5.32 Å². The fourth-order valence-corrected chi connectivity index (χ4v) is 3.23. The Bertz CT molecular complexity index is 849. The van der Waals surface area contributed by atoms with Gasteiger partial charge in [-0.05, 0) is 43.2 Å². The lowest BCUT2D eigenvalue weighted by Gasteiger charge is -2.20. The van der Waals surface area contributed by atoms with Gasteiger partial charge >= 0.3 is 6.03 Å². The third-order valence-corrected chi connectivity index (χ3v) is 4.68. The zero-order valence-corrected chi connectivity index (χ0v) is 15.5. The van der Waals surface area contributed by atoms with E-state index in [0.717, 1.165) is 17.7 Å². The van der Waals surface area contributed by atoms with Crippen molar-refractivity contribution in [1.29, 1.82) is 0 Å². The molecule has 6 nitrogen and oxygen atoms in total. The number of nitrogens with one attached hydrogen (secondary N) is 2. The Morgan fingerprint density at radius 1 is 1.07 bits per heavy atom. The van der Waals surface area contributed by atoms with E-state index in [4.69, 9.17) is 0 Å². The molecule has 0 aliphatic carbocycles. The molecule has 1 saturated heterocycles. The van der Waals surface area contributed by atoms with Crippen LogP contribution in [-0.4, -0.2) is 28.3 Å². The van der Waals surface area contributed by atoms with Crippen molar-refractivity contribution in [1.82, 2.24) is 10.2 Å². The quantitative estimate of drug-likeness (QED) is 0.769. The first kappa shape index (κ1) is 18.6. The lowest BCUT2D eigenvalue weighted by molar-refractivity contribution is -0.131. The maximum Gasteiger partial charge on any atom is 0.325 e. The summed E-state index contributed by atoms with van der Waals surface area (Å²) in [6, 6.07) is 15.7. The molecule has 1 atom stereocenters. The zero-order valence-electron chi connectivity index (χ0n) is 15.5. The first-order valence-electron chi connectivity index (χ1n) is 9.02. The lowest BCUT2D eigenvalue weighted by Crippen LogP contribution is -2.43. The fourth-order valence-electron chi connectivity index (χ4n) is 3.23. The van der Waals surface area contributed by atoms with Gasteiger partial charge in [0, 0.05) is 11.3 Å². The van der Waals surface area contributed by atoms with Crippen LogP contribution in [0.1, 0.15) is 42.6 Å². The van der Waals surface area contributed by atoms with E-state index in [1.54, 1.807) is 31.2 Å². The Labute approximate surface area is 158 Å². The molecular formula is C21H23N3O3. The molecule has 4 amide bonds. The average Bonchev–Trinajstić information content (AvgIpc) is 2.86. The highest BCUT2D eigenvalue weighted by atomic mass is 16.2. The lowest BCUT2D eigenvalue weighted by atomic mass is 9.96. The molecule has 3 rings (SSSR count). The summed E-state index contributed by atoms with van der Waals surface area (Å²) >= 11 is 0. The van der Waals surface area contributed by atoms with Crippen LogP contribution in [0.5, 0.6) is 0 Å². The summed E-state index contributed by atoms with van der Waals surface area (Å²) in [5.41, 5.74) is 1.19. The Kier molecular flexibility index (Phi) is 5.26. The first-order valence-corrected chi connectivity index (χ1v) is 9.02. The molecule has 1 aliphatic heterocycles. The molecule has 27 heavy (non-hydrogen) atoms. The SMILES string of the molecule is CCC[C@]1(C)NC(=O)N(Cc2ccc(C(=O)Nc3ccccc3)cc2)C1=O. The minimum Gasteiger partial charge on any atom is -0.323 e. The predicted octanol–water partition coefficient (Wildman–Crippen LogP) is 3.55. The number of imide groups is 1. The maximum atomic E-state index is 12.6. The van der Waals surface area contributed by atoms with Gasteiger partial charge < -0.3 is 10.6 Å². The van der Waals surface area contributed by atoms with Crippen molar-refractivity contribution in [3.05, 3.63) is 65.7 Å². The molecule has 0 unspecified atom stereocenters. The highest BCUT2D eigenvalue weighted by molar-refractivity contribution is 6.07.